The van der Waals surface area contributed by atoms with Gasteiger partial charge in [0, 0.05) is 55.7 Å². The average molecular weight is 415 g/mol. The van der Waals surface area contributed by atoms with Crippen LogP contribution in [-0.2, 0) is 37.5 Å². The van der Waals surface area contributed by atoms with Gasteiger partial charge in [0.05, 0.1) is 0 Å². The van der Waals surface area contributed by atoms with Crippen LogP contribution in [0.1, 0.15) is 37.3 Å². The number of carbonyl (C=O) groups excluding carboxylic acids is 1. The summed E-state index contributed by atoms with van der Waals surface area (Å²) in [5.74, 6) is 0.164. The van der Waals surface area contributed by atoms with Gasteiger partial charge in [-0.3, -0.25) is 4.79 Å². The Morgan fingerprint density at radius 3 is 2.45 bits per heavy atom. The third kappa shape index (κ3) is 5.27. The normalized spacial score (nSPS) is 21.1. The molecule has 0 aromatic heterocycles. The van der Waals surface area contributed by atoms with Crippen LogP contribution in [0.2, 0.25) is 5.02 Å². The molecule has 5 heteroatoms. The third-order valence-electron chi connectivity index (χ3n) is 4.42. The molecule has 1 heterocycles. The summed E-state index contributed by atoms with van der Waals surface area (Å²) in [6.07, 6.45) is 9.34. The van der Waals surface area contributed by atoms with E-state index in [1.165, 1.54) is 25.4 Å². The molecule has 2 nitrogen and oxygen atoms in total. The maximum absolute atomic E-state index is 12.5. The summed E-state index contributed by atoms with van der Waals surface area (Å²) in [5.41, 5.74) is 2.99. The zero-order chi connectivity index (χ0) is 15.5. The maximum Gasteiger partial charge on any atom is 0.259 e. The Bertz CT molecular complexity index is 506. The van der Waals surface area contributed by atoms with Crippen molar-refractivity contribution in [2.45, 2.75) is 40.0 Å². The van der Waals surface area contributed by atoms with E-state index in [1.54, 1.807) is 0 Å². The van der Waals surface area contributed by atoms with E-state index in [2.05, 4.69) is 18.4 Å². The molecule has 0 aliphatic carbocycles. The molecule has 1 amide bonds. The maximum atomic E-state index is 12.5. The van der Waals surface area contributed by atoms with E-state index in [0.29, 0.717) is 6.16 Å². The number of benzene rings is 1. The Morgan fingerprint density at radius 2 is 1.95 bits per heavy atom. The molecule has 0 spiro atoms. The van der Waals surface area contributed by atoms with Gasteiger partial charge in [-0.15, -0.1) is 13.7 Å². The summed E-state index contributed by atoms with van der Waals surface area (Å²) >= 11 is 6.05. The van der Waals surface area contributed by atoms with E-state index in [1.807, 2.05) is 26.0 Å². The first-order valence-electron chi connectivity index (χ1n) is 7.72. The Morgan fingerprint density at radius 1 is 1.32 bits per heavy atom. The summed E-state index contributed by atoms with van der Waals surface area (Å²) in [5, 5.41) is 3.85. The molecule has 0 bridgehead atoms. The Labute approximate surface area is 165 Å². The van der Waals surface area contributed by atoms with Crippen LogP contribution in [0.5, 0.6) is 0 Å². The van der Waals surface area contributed by atoms with Crippen LogP contribution in [0.15, 0.2) is 12.1 Å². The van der Waals surface area contributed by atoms with Crippen molar-refractivity contribution in [1.29, 1.82) is 0 Å². The second-order valence-corrected chi connectivity index (χ2v) is 10.7. The first-order valence-corrected chi connectivity index (χ1v) is 10.5. The molecule has 1 aromatic rings. The second kappa shape index (κ2) is 9.12. The molecule has 22 heavy (non-hydrogen) atoms. The Hall–Kier alpha value is 0.514. The SMILES string of the molecule is CC[P+]1(CC(=O)Nc2c(C)cc(Cl)cc2C)[CH-]CCCC1.[Y]. The van der Waals surface area contributed by atoms with E-state index in [4.69, 9.17) is 11.6 Å². The third-order valence-corrected chi connectivity index (χ3v) is 9.06. The van der Waals surface area contributed by atoms with Gasteiger partial charge in [0.15, 0.2) is 0 Å². The smallest absolute Gasteiger partial charge is 0.259 e. The summed E-state index contributed by atoms with van der Waals surface area (Å²) in [6.45, 7) is 6.22. The van der Waals surface area contributed by atoms with E-state index in [9.17, 15) is 4.79 Å². The van der Waals surface area contributed by atoms with Gasteiger partial charge in [-0.05, 0) is 50.5 Å². The van der Waals surface area contributed by atoms with Gasteiger partial charge in [0.1, 0.15) is 6.16 Å². The molecule has 1 aliphatic heterocycles. The predicted molar refractivity (Wildman–Crippen MR) is 94.9 cm³/mol. The number of nitrogens with one attached hydrogen (secondary N) is 1. The van der Waals surface area contributed by atoms with Gasteiger partial charge in [-0.2, -0.15) is 6.16 Å². The van der Waals surface area contributed by atoms with Gasteiger partial charge < -0.3 is 5.32 Å². The summed E-state index contributed by atoms with van der Waals surface area (Å²) < 4.78 is 0. The molecule has 1 atom stereocenters. The van der Waals surface area contributed by atoms with Crippen molar-refractivity contribution in [3.8, 4) is 0 Å². The van der Waals surface area contributed by atoms with Crippen LogP contribution in [0.4, 0.5) is 5.69 Å². The molecular formula is C17H25ClNOPY. The largest absolute Gasteiger partial charge is 0.323 e. The van der Waals surface area contributed by atoms with Crippen LogP contribution in [0, 0.1) is 20.0 Å². The minimum absolute atomic E-state index is 0. The summed E-state index contributed by atoms with van der Waals surface area (Å²) in [4.78, 5) is 12.5. The van der Waals surface area contributed by atoms with Crippen molar-refractivity contribution in [2.75, 3.05) is 23.8 Å². The number of hydrogen-bond donors (Lipinski definition) is 1. The average Bonchev–Trinajstić information content (AvgIpc) is 2.44. The zero-order valence-corrected chi connectivity index (χ0v) is 18.3. The van der Waals surface area contributed by atoms with Crippen molar-refractivity contribution in [3.05, 3.63) is 34.4 Å². The molecular weight excluding hydrogens is 390 g/mol. The standard InChI is InChI=1S/C17H25ClNOP.Y/c1-4-21(8-6-5-7-9-21)12-16(20)19-17-13(2)10-15(18)11-14(17)3;/h8,10-11H,4-7,9,12H2,1-3H3,(H,19,20);. The van der Waals surface area contributed by atoms with E-state index >= 15 is 0 Å². The topological polar surface area (TPSA) is 29.1 Å². The molecule has 0 saturated carbocycles. The minimum atomic E-state index is -1.17. The molecule has 1 saturated heterocycles. The first kappa shape index (κ1) is 20.6. The number of rotatable bonds is 4. The van der Waals surface area contributed by atoms with Crippen LogP contribution < -0.4 is 5.32 Å². The van der Waals surface area contributed by atoms with Crippen LogP contribution in [-0.4, -0.2) is 24.4 Å². The number of aryl methyl sites for hydroxylation is 2. The fourth-order valence-corrected chi connectivity index (χ4v) is 6.97. The molecule has 1 unspecified atom stereocenters. The Kier molecular flexibility index (Phi) is 8.52. The molecule has 2 rings (SSSR count). The number of anilines is 1. The predicted octanol–water partition coefficient (Wildman–Crippen LogP) is 5.28. The van der Waals surface area contributed by atoms with Gasteiger partial charge in [0.2, 0.25) is 0 Å². The summed E-state index contributed by atoms with van der Waals surface area (Å²) in [6, 6.07) is 3.81. The zero-order valence-electron chi connectivity index (χ0n) is 13.8. The van der Waals surface area contributed by atoms with E-state index in [-0.39, 0.29) is 38.6 Å². The van der Waals surface area contributed by atoms with Crippen LogP contribution in [0.25, 0.3) is 0 Å². The number of carbonyl (C=O) groups is 1. The number of halogens is 1. The summed E-state index contributed by atoms with van der Waals surface area (Å²) in [7, 11) is -1.17. The number of hydrogen-bond acceptors (Lipinski definition) is 1. The van der Waals surface area contributed by atoms with Crippen LogP contribution >= 0.6 is 18.9 Å². The first-order chi connectivity index (χ1) is 9.96. The van der Waals surface area contributed by atoms with Crippen molar-refractivity contribution in [2.24, 2.45) is 0 Å². The number of amides is 1. The monoisotopic (exact) mass is 414 g/mol. The van der Waals surface area contributed by atoms with Crippen molar-refractivity contribution < 1.29 is 37.5 Å². The van der Waals surface area contributed by atoms with Gasteiger partial charge in [0.25, 0.3) is 5.91 Å². The molecule has 1 aromatic carbocycles. The fourth-order valence-electron chi connectivity index (χ4n) is 3.14. The molecule has 1 radical (unpaired) electrons. The van der Waals surface area contributed by atoms with Gasteiger partial charge >= 0.3 is 0 Å². The van der Waals surface area contributed by atoms with E-state index in [0.717, 1.165) is 28.0 Å². The van der Waals surface area contributed by atoms with E-state index < -0.39 is 7.26 Å². The van der Waals surface area contributed by atoms with Gasteiger partial charge in [-0.1, -0.05) is 18.0 Å². The molecule has 119 valence electrons. The Balaban J connectivity index is 0.00000242. The minimum Gasteiger partial charge on any atom is -0.323 e. The van der Waals surface area contributed by atoms with Crippen LogP contribution in [0.3, 0.4) is 0 Å². The molecule has 1 aliphatic rings. The fraction of sp³-hybridized carbons (Fsp3) is 0.529. The van der Waals surface area contributed by atoms with Crippen molar-refractivity contribution in [3.63, 3.8) is 0 Å². The van der Waals surface area contributed by atoms with Crippen molar-refractivity contribution >= 4 is 30.5 Å². The van der Waals surface area contributed by atoms with Gasteiger partial charge in [-0.25, -0.2) is 0 Å². The second-order valence-electron chi connectivity index (χ2n) is 6.06. The quantitative estimate of drug-likeness (QED) is 0.527. The molecule has 1 fully saturated rings. The molecule has 1 N–H and O–H groups in total. The van der Waals surface area contributed by atoms with Crippen molar-refractivity contribution in [1.82, 2.24) is 0 Å².